The zero-order valence-electron chi connectivity index (χ0n) is 9.96. The zero-order valence-corrected chi connectivity index (χ0v) is 9.96. The molecule has 1 rings (SSSR count). The molecule has 2 heteroatoms. The summed E-state index contributed by atoms with van der Waals surface area (Å²) in [6, 6.07) is 10.9. The van der Waals surface area contributed by atoms with Crippen molar-refractivity contribution in [3.63, 3.8) is 0 Å². The first-order valence-electron chi connectivity index (χ1n) is 5.54. The van der Waals surface area contributed by atoms with Gasteiger partial charge in [-0.2, -0.15) is 0 Å². The van der Waals surface area contributed by atoms with Crippen molar-refractivity contribution in [2.24, 2.45) is 5.73 Å². The van der Waals surface area contributed by atoms with Crippen molar-refractivity contribution in [2.75, 3.05) is 7.05 Å². The van der Waals surface area contributed by atoms with Crippen molar-refractivity contribution >= 4 is 0 Å². The van der Waals surface area contributed by atoms with Gasteiger partial charge >= 0.3 is 0 Å². The summed E-state index contributed by atoms with van der Waals surface area (Å²) in [6.45, 7) is 4.15. The quantitative estimate of drug-likeness (QED) is 0.776. The van der Waals surface area contributed by atoms with E-state index in [0.29, 0.717) is 6.04 Å². The SMILES string of the molecule is CNC(CCC(C)(C)N)c1ccccc1. The van der Waals surface area contributed by atoms with Crippen LogP contribution in [0.2, 0.25) is 0 Å². The van der Waals surface area contributed by atoms with Crippen molar-refractivity contribution in [1.29, 1.82) is 0 Å². The average Bonchev–Trinajstić information content (AvgIpc) is 2.19. The van der Waals surface area contributed by atoms with Gasteiger partial charge in [-0.05, 0) is 39.3 Å². The minimum atomic E-state index is -0.0795. The summed E-state index contributed by atoms with van der Waals surface area (Å²) >= 11 is 0. The molecule has 0 heterocycles. The van der Waals surface area contributed by atoms with E-state index in [1.54, 1.807) is 0 Å². The Morgan fingerprint density at radius 1 is 1.27 bits per heavy atom. The second kappa shape index (κ2) is 5.29. The maximum Gasteiger partial charge on any atom is 0.0318 e. The van der Waals surface area contributed by atoms with Gasteiger partial charge in [0.25, 0.3) is 0 Å². The third-order valence-electron chi connectivity index (χ3n) is 2.63. The summed E-state index contributed by atoms with van der Waals surface area (Å²) in [5.74, 6) is 0. The molecule has 0 aliphatic rings. The van der Waals surface area contributed by atoms with Crippen molar-refractivity contribution in [3.8, 4) is 0 Å². The molecule has 0 aliphatic carbocycles. The molecule has 1 aromatic carbocycles. The van der Waals surface area contributed by atoms with Crippen LogP contribution in [0, 0.1) is 0 Å². The van der Waals surface area contributed by atoms with Crippen LogP contribution in [0.3, 0.4) is 0 Å². The highest BCUT2D eigenvalue weighted by Gasteiger charge is 2.15. The molecule has 15 heavy (non-hydrogen) atoms. The molecule has 0 aliphatic heterocycles. The molecule has 84 valence electrons. The maximum atomic E-state index is 5.99. The van der Waals surface area contributed by atoms with E-state index in [4.69, 9.17) is 5.73 Å². The van der Waals surface area contributed by atoms with Crippen LogP contribution < -0.4 is 11.1 Å². The molecule has 1 unspecified atom stereocenters. The van der Waals surface area contributed by atoms with E-state index < -0.39 is 0 Å². The molecule has 2 nitrogen and oxygen atoms in total. The summed E-state index contributed by atoms with van der Waals surface area (Å²) in [4.78, 5) is 0. The van der Waals surface area contributed by atoms with Crippen LogP contribution in [0.1, 0.15) is 38.3 Å². The molecule has 1 aromatic rings. The van der Waals surface area contributed by atoms with Gasteiger partial charge in [0, 0.05) is 11.6 Å². The Morgan fingerprint density at radius 2 is 1.87 bits per heavy atom. The molecule has 0 amide bonds. The Hall–Kier alpha value is -0.860. The predicted octanol–water partition coefficient (Wildman–Crippen LogP) is 2.46. The highest BCUT2D eigenvalue weighted by Crippen LogP contribution is 2.20. The van der Waals surface area contributed by atoms with Gasteiger partial charge in [-0.3, -0.25) is 0 Å². The molecule has 0 spiro atoms. The normalized spacial score (nSPS) is 13.9. The summed E-state index contributed by atoms with van der Waals surface area (Å²) in [7, 11) is 2.00. The summed E-state index contributed by atoms with van der Waals surface area (Å²) in [5, 5.41) is 3.34. The predicted molar refractivity (Wildman–Crippen MR) is 65.7 cm³/mol. The molecule has 0 bridgehead atoms. The number of nitrogens with one attached hydrogen (secondary N) is 1. The number of nitrogens with two attached hydrogens (primary N) is 1. The van der Waals surface area contributed by atoms with Gasteiger partial charge in [0.15, 0.2) is 0 Å². The number of hydrogen-bond acceptors (Lipinski definition) is 2. The fourth-order valence-corrected chi connectivity index (χ4v) is 1.68. The molecule has 0 radical (unpaired) electrons. The highest BCUT2D eigenvalue weighted by molar-refractivity contribution is 5.18. The van der Waals surface area contributed by atoms with Crippen molar-refractivity contribution < 1.29 is 0 Å². The lowest BCUT2D eigenvalue weighted by Gasteiger charge is -2.23. The first kappa shape index (κ1) is 12.2. The minimum absolute atomic E-state index is 0.0795. The molecule has 1 atom stereocenters. The van der Waals surface area contributed by atoms with Crippen LogP contribution in [0.5, 0.6) is 0 Å². The lowest BCUT2D eigenvalue weighted by atomic mass is 9.93. The van der Waals surface area contributed by atoms with Crippen LogP contribution in [-0.2, 0) is 0 Å². The standard InChI is InChI=1S/C13H22N2/c1-13(2,14)10-9-12(15-3)11-7-5-4-6-8-11/h4-8,12,15H,9-10,14H2,1-3H3. The zero-order chi connectivity index (χ0) is 11.3. The number of benzene rings is 1. The Morgan fingerprint density at radius 3 is 2.33 bits per heavy atom. The van der Waals surface area contributed by atoms with Crippen LogP contribution in [0.25, 0.3) is 0 Å². The Labute approximate surface area is 92.9 Å². The van der Waals surface area contributed by atoms with E-state index in [2.05, 4.69) is 43.4 Å². The molecule has 0 fully saturated rings. The third-order valence-corrected chi connectivity index (χ3v) is 2.63. The van der Waals surface area contributed by atoms with Gasteiger partial charge in [0.1, 0.15) is 0 Å². The van der Waals surface area contributed by atoms with Crippen LogP contribution >= 0.6 is 0 Å². The fraction of sp³-hybridized carbons (Fsp3) is 0.538. The molecule has 3 N–H and O–H groups in total. The van der Waals surface area contributed by atoms with E-state index in [1.165, 1.54) is 5.56 Å². The first-order valence-corrected chi connectivity index (χ1v) is 5.54. The van der Waals surface area contributed by atoms with Crippen LogP contribution in [0.4, 0.5) is 0 Å². The third kappa shape index (κ3) is 4.45. The fourth-order valence-electron chi connectivity index (χ4n) is 1.68. The molecule has 0 saturated heterocycles. The molecular weight excluding hydrogens is 184 g/mol. The van der Waals surface area contributed by atoms with E-state index in [1.807, 2.05) is 13.1 Å². The van der Waals surface area contributed by atoms with Crippen molar-refractivity contribution in [1.82, 2.24) is 5.32 Å². The number of hydrogen-bond donors (Lipinski definition) is 2. The molecular formula is C13H22N2. The van der Waals surface area contributed by atoms with Crippen molar-refractivity contribution in [3.05, 3.63) is 35.9 Å². The molecule has 0 saturated carbocycles. The van der Waals surface area contributed by atoms with Crippen molar-refractivity contribution in [2.45, 2.75) is 38.3 Å². The second-order valence-corrected chi connectivity index (χ2v) is 4.78. The Bertz CT molecular complexity index is 274. The first-order chi connectivity index (χ1) is 7.03. The minimum Gasteiger partial charge on any atom is -0.326 e. The largest absolute Gasteiger partial charge is 0.326 e. The van der Waals surface area contributed by atoms with Crippen LogP contribution in [-0.4, -0.2) is 12.6 Å². The van der Waals surface area contributed by atoms with Gasteiger partial charge in [-0.25, -0.2) is 0 Å². The Balaban J connectivity index is 2.58. The topological polar surface area (TPSA) is 38.0 Å². The maximum absolute atomic E-state index is 5.99. The van der Waals surface area contributed by atoms with E-state index in [0.717, 1.165) is 12.8 Å². The summed E-state index contributed by atoms with van der Waals surface area (Å²) in [6.07, 6.45) is 2.09. The number of rotatable bonds is 5. The van der Waals surface area contributed by atoms with E-state index in [-0.39, 0.29) is 5.54 Å². The van der Waals surface area contributed by atoms with Gasteiger partial charge in [-0.1, -0.05) is 30.3 Å². The van der Waals surface area contributed by atoms with Crippen LogP contribution in [0.15, 0.2) is 30.3 Å². The monoisotopic (exact) mass is 206 g/mol. The lowest BCUT2D eigenvalue weighted by molar-refractivity contribution is 0.411. The van der Waals surface area contributed by atoms with Gasteiger partial charge in [0.05, 0.1) is 0 Å². The van der Waals surface area contributed by atoms with Gasteiger partial charge in [-0.15, -0.1) is 0 Å². The highest BCUT2D eigenvalue weighted by atomic mass is 14.9. The lowest BCUT2D eigenvalue weighted by Crippen LogP contribution is -2.33. The Kier molecular flexibility index (Phi) is 4.30. The van der Waals surface area contributed by atoms with Gasteiger partial charge < -0.3 is 11.1 Å². The van der Waals surface area contributed by atoms with E-state index >= 15 is 0 Å². The average molecular weight is 206 g/mol. The summed E-state index contributed by atoms with van der Waals surface area (Å²) in [5.41, 5.74) is 7.25. The summed E-state index contributed by atoms with van der Waals surface area (Å²) < 4.78 is 0. The second-order valence-electron chi connectivity index (χ2n) is 4.78. The van der Waals surface area contributed by atoms with Gasteiger partial charge in [0.2, 0.25) is 0 Å². The smallest absolute Gasteiger partial charge is 0.0318 e. The van der Waals surface area contributed by atoms with E-state index in [9.17, 15) is 0 Å². The molecule has 0 aromatic heterocycles.